The lowest BCUT2D eigenvalue weighted by Gasteiger charge is -2.32. The number of hydrogen-bond donors (Lipinski definition) is 1. The van der Waals surface area contributed by atoms with E-state index in [0.29, 0.717) is 17.0 Å². The van der Waals surface area contributed by atoms with Crippen LogP contribution in [0.15, 0.2) is 18.2 Å². The molecule has 1 N–H and O–H groups in total. The van der Waals surface area contributed by atoms with Gasteiger partial charge in [0.05, 0.1) is 0 Å². The molecule has 1 amide bonds. The Morgan fingerprint density at radius 2 is 2.32 bits per heavy atom. The fraction of sp³-hybridized carbons (Fsp3) is 0.533. The van der Waals surface area contributed by atoms with Gasteiger partial charge in [0.2, 0.25) is 0 Å². The van der Waals surface area contributed by atoms with Crippen molar-refractivity contribution in [2.75, 3.05) is 26.7 Å². The van der Waals surface area contributed by atoms with Crippen LogP contribution in [-0.2, 0) is 0 Å². The first-order valence-corrected chi connectivity index (χ1v) is 6.82. The van der Waals surface area contributed by atoms with E-state index < -0.39 is 0 Å². The first-order valence-electron chi connectivity index (χ1n) is 6.82. The van der Waals surface area contributed by atoms with Crippen LogP contribution in [0.4, 0.5) is 4.39 Å². The van der Waals surface area contributed by atoms with Gasteiger partial charge in [-0.25, -0.2) is 4.39 Å². The summed E-state index contributed by atoms with van der Waals surface area (Å²) in [5.74, 6) is 0.274. The number of likely N-dealkylation sites (tertiary alicyclic amines) is 1. The third-order valence-electron chi connectivity index (χ3n) is 3.70. The van der Waals surface area contributed by atoms with Crippen molar-refractivity contribution in [3.8, 4) is 0 Å². The predicted octanol–water partition coefficient (Wildman–Crippen LogP) is 2.21. The van der Waals surface area contributed by atoms with Gasteiger partial charge < -0.3 is 10.2 Å². The Bertz CT molecular complexity index is 459. The Morgan fingerprint density at radius 1 is 1.53 bits per heavy atom. The lowest BCUT2D eigenvalue weighted by Crippen LogP contribution is -2.42. The van der Waals surface area contributed by atoms with Crippen molar-refractivity contribution in [1.29, 1.82) is 0 Å². The van der Waals surface area contributed by atoms with Crippen LogP contribution in [0.1, 0.15) is 28.8 Å². The molecule has 1 heterocycles. The van der Waals surface area contributed by atoms with E-state index in [1.165, 1.54) is 6.07 Å². The molecule has 19 heavy (non-hydrogen) atoms. The molecule has 0 saturated carbocycles. The average molecular weight is 264 g/mol. The summed E-state index contributed by atoms with van der Waals surface area (Å²) in [4.78, 5) is 14.3. The third kappa shape index (κ3) is 3.32. The highest BCUT2D eigenvalue weighted by Gasteiger charge is 2.24. The SMILES string of the molecule is CNCC1CCCN(C(=O)c2ccc(F)c(C)c2)C1. The van der Waals surface area contributed by atoms with Gasteiger partial charge in [-0.15, -0.1) is 0 Å². The van der Waals surface area contributed by atoms with Crippen LogP contribution in [-0.4, -0.2) is 37.5 Å². The molecule has 1 saturated heterocycles. The molecule has 4 heteroatoms. The smallest absolute Gasteiger partial charge is 0.253 e. The molecule has 0 bridgehead atoms. The molecule has 0 spiro atoms. The second kappa shape index (κ2) is 6.15. The Kier molecular flexibility index (Phi) is 4.53. The lowest BCUT2D eigenvalue weighted by atomic mass is 9.97. The lowest BCUT2D eigenvalue weighted by molar-refractivity contribution is 0.0674. The summed E-state index contributed by atoms with van der Waals surface area (Å²) in [5.41, 5.74) is 1.11. The zero-order valence-corrected chi connectivity index (χ0v) is 11.6. The van der Waals surface area contributed by atoms with E-state index in [0.717, 1.165) is 32.5 Å². The number of rotatable bonds is 3. The number of carbonyl (C=O) groups is 1. The van der Waals surface area contributed by atoms with E-state index in [2.05, 4.69) is 5.32 Å². The summed E-state index contributed by atoms with van der Waals surface area (Å²) in [6.07, 6.45) is 2.20. The first kappa shape index (κ1) is 14.0. The van der Waals surface area contributed by atoms with Gasteiger partial charge >= 0.3 is 0 Å². The summed E-state index contributed by atoms with van der Waals surface area (Å²) < 4.78 is 13.2. The molecule has 1 atom stereocenters. The van der Waals surface area contributed by atoms with Crippen molar-refractivity contribution in [2.24, 2.45) is 5.92 Å². The highest BCUT2D eigenvalue weighted by molar-refractivity contribution is 5.94. The number of piperidine rings is 1. The molecule has 1 aliphatic heterocycles. The maximum absolute atomic E-state index is 13.2. The Morgan fingerprint density at radius 3 is 3.00 bits per heavy atom. The molecule has 3 nitrogen and oxygen atoms in total. The second-order valence-electron chi connectivity index (χ2n) is 5.28. The Labute approximate surface area is 113 Å². The predicted molar refractivity (Wildman–Crippen MR) is 73.7 cm³/mol. The summed E-state index contributed by atoms with van der Waals surface area (Å²) >= 11 is 0. The molecule has 0 aliphatic carbocycles. The van der Waals surface area contributed by atoms with E-state index in [9.17, 15) is 9.18 Å². The standard InChI is InChI=1S/C15H21FN2O/c1-11-8-13(5-6-14(11)16)15(19)18-7-3-4-12(10-18)9-17-2/h5-6,8,12,17H,3-4,7,9-10H2,1-2H3. The van der Waals surface area contributed by atoms with Crippen LogP contribution in [0.5, 0.6) is 0 Å². The van der Waals surface area contributed by atoms with E-state index in [4.69, 9.17) is 0 Å². The number of amides is 1. The van der Waals surface area contributed by atoms with Gasteiger partial charge in [0.25, 0.3) is 5.91 Å². The number of aryl methyl sites for hydroxylation is 1. The molecule has 1 aromatic rings. The van der Waals surface area contributed by atoms with Crippen molar-refractivity contribution in [1.82, 2.24) is 10.2 Å². The maximum Gasteiger partial charge on any atom is 0.253 e. The van der Waals surface area contributed by atoms with Gasteiger partial charge in [-0.05, 0) is 63.0 Å². The van der Waals surface area contributed by atoms with Crippen LogP contribution in [0.3, 0.4) is 0 Å². The van der Waals surface area contributed by atoms with E-state index in [1.807, 2.05) is 11.9 Å². The minimum absolute atomic E-state index is 0.0175. The summed E-state index contributed by atoms with van der Waals surface area (Å²) in [6, 6.07) is 4.59. The van der Waals surface area contributed by atoms with Crippen LogP contribution in [0, 0.1) is 18.7 Å². The van der Waals surface area contributed by atoms with Gasteiger partial charge in [-0.1, -0.05) is 0 Å². The van der Waals surface area contributed by atoms with Crippen LogP contribution in [0.2, 0.25) is 0 Å². The molecule has 1 aliphatic rings. The Balaban J connectivity index is 2.08. The average Bonchev–Trinajstić information content (AvgIpc) is 2.42. The van der Waals surface area contributed by atoms with Gasteiger partial charge in [0.15, 0.2) is 0 Å². The van der Waals surface area contributed by atoms with Gasteiger partial charge in [0, 0.05) is 18.7 Å². The quantitative estimate of drug-likeness (QED) is 0.907. The number of nitrogens with one attached hydrogen (secondary N) is 1. The molecular weight excluding hydrogens is 243 g/mol. The van der Waals surface area contributed by atoms with Crippen LogP contribution >= 0.6 is 0 Å². The summed E-state index contributed by atoms with van der Waals surface area (Å²) in [6.45, 7) is 4.21. The number of carbonyl (C=O) groups excluding carboxylic acids is 1. The van der Waals surface area contributed by atoms with Crippen LogP contribution < -0.4 is 5.32 Å². The van der Waals surface area contributed by atoms with Gasteiger partial charge in [-0.2, -0.15) is 0 Å². The highest BCUT2D eigenvalue weighted by atomic mass is 19.1. The van der Waals surface area contributed by atoms with Crippen molar-refractivity contribution < 1.29 is 9.18 Å². The first-order chi connectivity index (χ1) is 9.11. The molecule has 1 aromatic carbocycles. The monoisotopic (exact) mass is 264 g/mol. The third-order valence-corrected chi connectivity index (χ3v) is 3.70. The van der Waals surface area contributed by atoms with Crippen molar-refractivity contribution in [3.05, 3.63) is 35.1 Å². The fourth-order valence-electron chi connectivity index (χ4n) is 2.67. The zero-order valence-electron chi connectivity index (χ0n) is 11.6. The van der Waals surface area contributed by atoms with Crippen molar-refractivity contribution in [3.63, 3.8) is 0 Å². The fourth-order valence-corrected chi connectivity index (χ4v) is 2.67. The molecule has 104 valence electrons. The summed E-state index contributed by atoms with van der Waals surface area (Å²) in [5, 5.41) is 3.17. The minimum atomic E-state index is -0.261. The van der Waals surface area contributed by atoms with E-state index in [1.54, 1.807) is 19.1 Å². The largest absolute Gasteiger partial charge is 0.338 e. The number of hydrogen-bond acceptors (Lipinski definition) is 2. The number of halogens is 1. The molecule has 2 rings (SSSR count). The van der Waals surface area contributed by atoms with Crippen LogP contribution in [0.25, 0.3) is 0 Å². The topological polar surface area (TPSA) is 32.3 Å². The normalized spacial score (nSPS) is 19.5. The molecular formula is C15H21FN2O. The van der Waals surface area contributed by atoms with Crippen molar-refractivity contribution >= 4 is 5.91 Å². The molecule has 1 unspecified atom stereocenters. The maximum atomic E-state index is 13.2. The Hall–Kier alpha value is -1.42. The van der Waals surface area contributed by atoms with Crippen molar-refractivity contribution in [2.45, 2.75) is 19.8 Å². The number of nitrogens with zero attached hydrogens (tertiary/aromatic N) is 1. The second-order valence-corrected chi connectivity index (χ2v) is 5.28. The van der Waals surface area contributed by atoms with E-state index >= 15 is 0 Å². The summed E-state index contributed by atoms with van der Waals surface area (Å²) in [7, 11) is 1.93. The highest BCUT2D eigenvalue weighted by Crippen LogP contribution is 2.19. The minimum Gasteiger partial charge on any atom is -0.338 e. The van der Waals surface area contributed by atoms with Gasteiger partial charge in [0.1, 0.15) is 5.82 Å². The molecule has 0 radical (unpaired) electrons. The molecule has 0 aromatic heterocycles. The van der Waals surface area contributed by atoms with Gasteiger partial charge in [-0.3, -0.25) is 4.79 Å². The van der Waals surface area contributed by atoms with E-state index in [-0.39, 0.29) is 11.7 Å². The zero-order chi connectivity index (χ0) is 13.8. The number of benzene rings is 1. The molecule has 1 fully saturated rings.